The second-order valence-electron chi connectivity index (χ2n) is 4.31. The molecule has 2 rings (SSSR count). The molecule has 0 unspecified atom stereocenters. The molecule has 9 heteroatoms. The van der Waals surface area contributed by atoms with Gasteiger partial charge in [-0.2, -0.15) is 5.26 Å². The molecule has 0 saturated carbocycles. The fraction of sp³-hybridized carbons (Fsp3) is 0.143. The van der Waals surface area contributed by atoms with Crippen molar-refractivity contribution in [1.82, 2.24) is 9.97 Å². The van der Waals surface area contributed by atoms with Crippen LogP contribution in [0.5, 0.6) is 0 Å². The van der Waals surface area contributed by atoms with Gasteiger partial charge in [0.25, 0.3) is 0 Å². The van der Waals surface area contributed by atoms with E-state index in [1.54, 1.807) is 30.5 Å². The Kier molecular flexibility index (Phi) is 5.67. The lowest BCUT2D eigenvalue weighted by atomic mass is 10.3. The number of aromatic nitrogens is 2. The summed E-state index contributed by atoms with van der Waals surface area (Å²) in [5.74, 6) is -0.101. The third kappa shape index (κ3) is 4.28. The molecule has 118 valence electrons. The Morgan fingerprint density at radius 2 is 2.00 bits per heavy atom. The first-order valence-corrected chi connectivity index (χ1v) is 8.65. The van der Waals surface area contributed by atoms with Gasteiger partial charge < -0.3 is 16.8 Å². The molecule has 0 aliphatic rings. The molecule has 0 bridgehead atoms. The molecule has 0 radical (unpaired) electrons. The van der Waals surface area contributed by atoms with Gasteiger partial charge in [-0.3, -0.25) is 4.79 Å². The SMILES string of the molecule is CSc1nc(N)nc(SCC(=O)Nc2ccccc2N)c1C#N. The van der Waals surface area contributed by atoms with E-state index in [0.29, 0.717) is 27.0 Å². The van der Waals surface area contributed by atoms with Gasteiger partial charge in [-0.25, -0.2) is 9.97 Å². The molecule has 0 aliphatic heterocycles. The number of hydrogen-bond donors (Lipinski definition) is 3. The molecule has 2 aromatic rings. The third-order valence-electron chi connectivity index (χ3n) is 2.74. The van der Waals surface area contributed by atoms with Gasteiger partial charge in [-0.05, 0) is 18.4 Å². The maximum atomic E-state index is 12.0. The standard InChI is InChI=1S/C14H14N6OS2/c1-22-12-8(6-15)13(20-14(17)19-12)23-7-11(21)18-10-5-3-2-4-9(10)16/h2-5H,7,16H2,1H3,(H,18,21)(H2,17,19,20). The summed E-state index contributed by atoms with van der Waals surface area (Å²) in [7, 11) is 0. The van der Waals surface area contributed by atoms with Crippen molar-refractivity contribution in [3.8, 4) is 6.07 Å². The van der Waals surface area contributed by atoms with Crippen LogP contribution in [0.15, 0.2) is 34.3 Å². The van der Waals surface area contributed by atoms with Crippen LogP contribution < -0.4 is 16.8 Å². The Labute approximate surface area is 141 Å². The van der Waals surface area contributed by atoms with Crippen LogP contribution in [-0.4, -0.2) is 27.9 Å². The number of hydrogen-bond acceptors (Lipinski definition) is 8. The first-order chi connectivity index (χ1) is 11.0. The van der Waals surface area contributed by atoms with Crippen molar-refractivity contribution in [1.29, 1.82) is 5.26 Å². The number of carbonyl (C=O) groups is 1. The topological polar surface area (TPSA) is 131 Å². The molecule has 7 nitrogen and oxygen atoms in total. The van der Waals surface area contributed by atoms with Crippen molar-refractivity contribution in [2.24, 2.45) is 0 Å². The minimum atomic E-state index is -0.250. The van der Waals surface area contributed by atoms with Crippen LogP contribution in [0.2, 0.25) is 0 Å². The van der Waals surface area contributed by atoms with Crippen LogP contribution in [0.25, 0.3) is 0 Å². The van der Waals surface area contributed by atoms with E-state index in [9.17, 15) is 10.1 Å². The summed E-state index contributed by atoms with van der Waals surface area (Å²) in [5, 5.41) is 12.8. The largest absolute Gasteiger partial charge is 0.397 e. The Morgan fingerprint density at radius 1 is 1.30 bits per heavy atom. The van der Waals surface area contributed by atoms with Gasteiger partial charge >= 0.3 is 0 Å². The molecule has 23 heavy (non-hydrogen) atoms. The maximum Gasteiger partial charge on any atom is 0.234 e. The number of anilines is 3. The van der Waals surface area contributed by atoms with Crippen LogP contribution in [0, 0.1) is 11.3 Å². The molecule has 0 spiro atoms. The molecule has 0 saturated heterocycles. The Morgan fingerprint density at radius 3 is 2.65 bits per heavy atom. The molecule has 0 fully saturated rings. The molecular weight excluding hydrogens is 332 g/mol. The Bertz CT molecular complexity index is 774. The second-order valence-corrected chi connectivity index (χ2v) is 6.07. The number of rotatable bonds is 5. The van der Waals surface area contributed by atoms with Gasteiger partial charge in [0.1, 0.15) is 21.7 Å². The molecule has 1 amide bonds. The zero-order valence-electron chi connectivity index (χ0n) is 12.2. The van der Waals surface area contributed by atoms with E-state index in [0.717, 1.165) is 11.8 Å². The summed E-state index contributed by atoms with van der Waals surface area (Å²) in [6, 6.07) is 9.03. The van der Waals surface area contributed by atoms with E-state index in [1.807, 2.05) is 0 Å². The molecular formula is C14H14N6OS2. The average molecular weight is 346 g/mol. The number of thioether (sulfide) groups is 2. The monoisotopic (exact) mass is 346 g/mol. The summed E-state index contributed by atoms with van der Waals surface area (Å²) in [6.45, 7) is 0. The predicted octanol–water partition coefficient (Wildman–Crippen LogP) is 1.97. The fourth-order valence-corrected chi connectivity index (χ4v) is 3.10. The van der Waals surface area contributed by atoms with Crippen LogP contribution in [0.3, 0.4) is 0 Å². The highest BCUT2D eigenvalue weighted by molar-refractivity contribution is 8.00. The highest BCUT2D eigenvalue weighted by Gasteiger charge is 2.15. The molecule has 1 aromatic heterocycles. The van der Waals surface area contributed by atoms with E-state index in [4.69, 9.17) is 11.5 Å². The first kappa shape index (κ1) is 16.9. The van der Waals surface area contributed by atoms with Crippen molar-refractivity contribution in [2.45, 2.75) is 10.1 Å². The third-order valence-corrected chi connectivity index (χ3v) is 4.40. The van der Waals surface area contributed by atoms with E-state index in [2.05, 4.69) is 21.4 Å². The first-order valence-electron chi connectivity index (χ1n) is 6.44. The van der Waals surface area contributed by atoms with Gasteiger partial charge in [-0.1, -0.05) is 23.9 Å². The highest BCUT2D eigenvalue weighted by atomic mass is 32.2. The summed E-state index contributed by atoms with van der Waals surface area (Å²) < 4.78 is 0. The van der Waals surface area contributed by atoms with Crippen molar-refractivity contribution in [2.75, 3.05) is 28.8 Å². The zero-order chi connectivity index (χ0) is 16.8. The quantitative estimate of drug-likeness (QED) is 0.425. The molecule has 0 aliphatic carbocycles. The van der Waals surface area contributed by atoms with Crippen LogP contribution in [0.1, 0.15) is 5.56 Å². The van der Waals surface area contributed by atoms with E-state index in [-0.39, 0.29) is 17.6 Å². The number of nitriles is 1. The Balaban J connectivity index is 2.09. The van der Waals surface area contributed by atoms with Crippen LogP contribution in [0.4, 0.5) is 17.3 Å². The Hall–Kier alpha value is -2.44. The van der Waals surface area contributed by atoms with Gasteiger partial charge in [0.05, 0.1) is 17.1 Å². The highest BCUT2D eigenvalue weighted by Crippen LogP contribution is 2.28. The molecule has 5 N–H and O–H groups in total. The van der Waals surface area contributed by atoms with Gasteiger partial charge in [0.15, 0.2) is 0 Å². The van der Waals surface area contributed by atoms with Crippen LogP contribution in [-0.2, 0) is 4.79 Å². The summed E-state index contributed by atoms with van der Waals surface area (Å²) in [6.07, 6.45) is 1.79. The number of nitrogen functional groups attached to an aromatic ring is 2. The number of para-hydroxylation sites is 2. The van der Waals surface area contributed by atoms with Crippen molar-refractivity contribution >= 4 is 46.8 Å². The van der Waals surface area contributed by atoms with Crippen molar-refractivity contribution < 1.29 is 4.79 Å². The predicted molar refractivity (Wildman–Crippen MR) is 93.1 cm³/mol. The summed E-state index contributed by atoms with van der Waals surface area (Å²) >= 11 is 2.43. The normalized spacial score (nSPS) is 10.1. The lowest BCUT2D eigenvalue weighted by Gasteiger charge is -2.09. The summed E-state index contributed by atoms with van der Waals surface area (Å²) in [5.41, 5.74) is 12.8. The minimum absolute atomic E-state index is 0.0727. The average Bonchev–Trinajstić information content (AvgIpc) is 2.54. The van der Waals surface area contributed by atoms with Gasteiger partial charge in [0.2, 0.25) is 11.9 Å². The fourth-order valence-electron chi connectivity index (χ4n) is 1.72. The van der Waals surface area contributed by atoms with Crippen molar-refractivity contribution in [3.63, 3.8) is 0 Å². The minimum Gasteiger partial charge on any atom is -0.397 e. The summed E-state index contributed by atoms with van der Waals surface area (Å²) in [4.78, 5) is 20.1. The number of carbonyl (C=O) groups excluding carboxylic acids is 1. The van der Waals surface area contributed by atoms with E-state index >= 15 is 0 Å². The number of amides is 1. The van der Waals surface area contributed by atoms with Crippen molar-refractivity contribution in [3.05, 3.63) is 29.8 Å². The second kappa shape index (κ2) is 7.71. The number of nitrogens with zero attached hydrogens (tertiary/aromatic N) is 3. The van der Waals surface area contributed by atoms with Gasteiger partial charge in [-0.15, -0.1) is 11.8 Å². The lowest BCUT2D eigenvalue weighted by molar-refractivity contribution is -0.113. The smallest absolute Gasteiger partial charge is 0.234 e. The van der Waals surface area contributed by atoms with Gasteiger partial charge in [0, 0.05) is 0 Å². The number of benzene rings is 1. The van der Waals surface area contributed by atoms with E-state index < -0.39 is 0 Å². The zero-order valence-corrected chi connectivity index (χ0v) is 13.9. The molecule has 0 atom stereocenters. The van der Waals surface area contributed by atoms with E-state index in [1.165, 1.54) is 11.8 Å². The number of nitrogens with one attached hydrogen (secondary N) is 1. The molecule has 1 heterocycles. The molecule has 1 aromatic carbocycles. The number of nitrogens with two attached hydrogens (primary N) is 2. The maximum absolute atomic E-state index is 12.0. The van der Waals surface area contributed by atoms with Crippen LogP contribution >= 0.6 is 23.5 Å². The lowest BCUT2D eigenvalue weighted by Crippen LogP contribution is -2.15.